The van der Waals surface area contributed by atoms with Gasteiger partial charge in [0.05, 0.1) is 5.84 Å². The second kappa shape index (κ2) is 4.43. The molecule has 1 unspecified atom stereocenters. The van der Waals surface area contributed by atoms with Crippen LogP contribution in [0.2, 0.25) is 0 Å². The first kappa shape index (κ1) is 11.7. The van der Waals surface area contributed by atoms with Crippen molar-refractivity contribution in [2.75, 3.05) is 18.8 Å². The maximum absolute atomic E-state index is 11.8. The fourth-order valence-electron chi connectivity index (χ4n) is 1.59. The van der Waals surface area contributed by atoms with E-state index in [0.29, 0.717) is 11.6 Å². The number of nitrogens with zero attached hydrogens (tertiary/aromatic N) is 1. The smallest absolute Gasteiger partial charge is 0.0955 e. The average Bonchev–Trinajstić information content (AvgIpc) is 2.27. The van der Waals surface area contributed by atoms with Crippen LogP contribution in [0.3, 0.4) is 0 Å². The first-order valence-electron chi connectivity index (χ1n) is 5.18. The Bertz CT molecular complexity index is 251. The standard InChI is InChI=1S/C10H20N2OS/c1-4-9(11)12-6-5-10(2,3)14(13)8-7-12/h11H,4-8H2,1-3H3. The van der Waals surface area contributed by atoms with Crippen LogP contribution in [0.15, 0.2) is 0 Å². The Morgan fingerprint density at radius 1 is 1.50 bits per heavy atom. The Morgan fingerprint density at radius 2 is 2.14 bits per heavy atom. The van der Waals surface area contributed by atoms with Crippen LogP contribution in [0.1, 0.15) is 33.6 Å². The summed E-state index contributed by atoms with van der Waals surface area (Å²) in [5.41, 5.74) is 0. The van der Waals surface area contributed by atoms with Gasteiger partial charge in [0, 0.05) is 40.8 Å². The summed E-state index contributed by atoms with van der Waals surface area (Å²) < 4.78 is 11.7. The van der Waals surface area contributed by atoms with Gasteiger partial charge in [0.15, 0.2) is 0 Å². The minimum Gasteiger partial charge on any atom is -0.360 e. The van der Waals surface area contributed by atoms with Gasteiger partial charge in [0.2, 0.25) is 0 Å². The van der Waals surface area contributed by atoms with Crippen LogP contribution in [0, 0.1) is 5.41 Å². The van der Waals surface area contributed by atoms with Crippen molar-refractivity contribution in [1.29, 1.82) is 5.41 Å². The second-order valence-electron chi connectivity index (χ2n) is 4.35. The van der Waals surface area contributed by atoms with Crippen LogP contribution in [-0.4, -0.2) is 38.5 Å². The maximum atomic E-state index is 11.8. The van der Waals surface area contributed by atoms with E-state index in [1.807, 2.05) is 6.92 Å². The van der Waals surface area contributed by atoms with E-state index in [2.05, 4.69) is 18.7 Å². The van der Waals surface area contributed by atoms with Gasteiger partial charge in [-0.3, -0.25) is 9.62 Å². The van der Waals surface area contributed by atoms with Crippen LogP contribution >= 0.6 is 0 Å². The molecule has 1 rings (SSSR count). The van der Waals surface area contributed by atoms with Gasteiger partial charge in [0.1, 0.15) is 0 Å². The molecule has 1 fully saturated rings. The van der Waals surface area contributed by atoms with E-state index in [1.54, 1.807) is 0 Å². The molecular weight excluding hydrogens is 196 g/mol. The molecular formula is C10H20N2OS. The van der Waals surface area contributed by atoms with Crippen molar-refractivity contribution in [3.05, 3.63) is 0 Å². The summed E-state index contributed by atoms with van der Waals surface area (Å²) in [7, 11) is -0.745. The molecule has 0 spiro atoms. The minimum absolute atomic E-state index is 0.0806. The lowest BCUT2D eigenvalue weighted by atomic mass is 10.1. The summed E-state index contributed by atoms with van der Waals surface area (Å²) in [6.45, 7) is 7.77. The first-order valence-corrected chi connectivity index (χ1v) is 6.50. The zero-order valence-corrected chi connectivity index (χ0v) is 10.1. The quantitative estimate of drug-likeness (QED) is 0.534. The molecule has 3 nitrogen and oxygen atoms in total. The third-order valence-electron chi connectivity index (χ3n) is 2.86. The number of amidine groups is 1. The van der Waals surface area contributed by atoms with Gasteiger partial charge in [-0.05, 0) is 20.3 Å². The van der Waals surface area contributed by atoms with Crippen LogP contribution < -0.4 is 0 Å². The van der Waals surface area contributed by atoms with Crippen LogP contribution in [0.4, 0.5) is 0 Å². The van der Waals surface area contributed by atoms with Gasteiger partial charge in [-0.1, -0.05) is 6.92 Å². The number of rotatable bonds is 1. The zero-order chi connectivity index (χ0) is 10.8. The molecule has 0 bridgehead atoms. The van der Waals surface area contributed by atoms with E-state index in [1.165, 1.54) is 0 Å². The highest BCUT2D eigenvalue weighted by Gasteiger charge is 2.30. The summed E-state index contributed by atoms with van der Waals surface area (Å²) in [6, 6.07) is 0. The largest absolute Gasteiger partial charge is 0.360 e. The van der Waals surface area contributed by atoms with Gasteiger partial charge in [0.25, 0.3) is 0 Å². The SMILES string of the molecule is CCC(=N)N1CCS(=O)C(C)(C)CC1. The molecule has 0 saturated carbocycles. The molecule has 0 radical (unpaired) electrons. The topological polar surface area (TPSA) is 44.2 Å². The van der Waals surface area contributed by atoms with Gasteiger partial charge in [-0.25, -0.2) is 0 Å². The van der Waals surface area contributed by atoms with Gasteiger partial charge >= 0.3 is 0 Å². The number of hydrogen-bond acceptors (Lipinski definition) is 2. The van der Waals surface area contributed by atoms with E-state index in [9.17, 15) is 4.21 Å². The predicted octanol–water partition coefficient (Wildman–Crippen LogP) is 1.61. The van der Waals surface area contributed by atoms with Crippen LogP contribution in [-0.2, 0) is 10.8 Å². The zero-order valence-electron chi connectivity index (χ0n) is 9.30. The summed E-state index contributed by atoms with van der Waals surface area (Å²) in [5.74, 6) is 1.38. The molecule has 14 heavy (non-hydrogen) atoms. The molecule has 1 aliphatic heterocycles. The van der Waals surface area contributed by atoms with E-state index >= 15 is 0 Å². The Balaban J connectivity index is 2.65. The van der Waals surface area contributed by atoms with Crippen LogP contribution in [0.25, 0.3) is 0 Å². The molecule has 1 saturated heterocycles. The molecule has 4 heteroatoms. The Hall–Kier alpha value is -0.380. The predicted molar refractivity (Wildman–Crippen MR) is 61.3 cm³/mol. The van der Waals surface area contributed by atoms with Crippen LogP contribution in [0.5, 0.6) is 0 Å². The highest BCUT2D eigenvalue weighted by molar-refractivity contribution is 7.86. The van der Waals surface area contributed by atoms with Gasteiger partial charge in [-0.2, -0.15) is 0 Å². The molecule has 0 aromatic rings. The molecule has 0 aromatic heterocycles. The second-order valence-corrected chi connectivity index (χ2v) is 6.55. The lowest BCUT2D eigenvalue weighted by molar-refractivity contribution is 0.413. The van der Waals surface area contributed by atoms with Crippen molar-refractivity contribution >= 4 is 16.6 Å². The van der Waals surface area contributed by atoms with Crippen molar-refractivity contribution in [3.8, 4) is 0 Å². The molecule has 0 aromatic carbocycles. The summed E-state index contributed by atoms with van der Waals surface area (Å²) in [5, 5.41) is 7.75. The van der Waals surface area contributed by atoms with Gasteiger partial charge in [-0.15, -0.1) is 0 Å². The Labute approximate surface area is 88.8 Å². The molecule has 0 aliphatic carbocycles. The van der Waals surface area contributed by atoms with E-state index in [-0.39, 0.29) is 4.75 Å². The average molecular weight is 216 g/mol. The Morgan fingerprint density at radius 3 is 2.71 bits per heavy atom. The van der Waals surface area contributed by atoms with E-state index < -0.39 is 10.8 Å². The lowest BCUT2D eigenvalue weighted by Gasteiger charge is -2.23. The molecule has 1 atom stereocenters. The van der Waals surface area contributed by atoms with Crippen molar-refractivity contribution in [3.63, 3.8) is 0 Å². The number of nitrogens with one attached hydrogen (secondary N) is 1. The van der Waals surface area contributed by atoms with Gasteiger partial charge < -0.3 is 4.90 Å². The van der Waals surface area contributed by atoms with E-state index in [4.69, 9.17) is 5.41 Å². The van der Waals surface area contributed by atoms with Crippen molar-refractivity contribution < 1.29 is 4.21 Å². The molecule has 1 heterocycles. The minimum atomic E-state index is -0.745. The maximum Gasteiger partial charge on any atom is 0.0955 e. The van der Waals surface area contributed by atoms with Crippen molar-refractivity contribution in [2.45, 2.75) is 38.4 Å². The summed E-state index contributed by atoms with van der Waals surface area (Å²) in [4.78, 5) is 2.06. The third kappa shape index (κ3) is 2.56. The molecule has 1 aliphatic rings. The lowest BCUT2D eigenvalue weighted by Crippen LogP contribution is -2.32. The monoisotopic (exact) mass is 216 g/mol. The summed E-state index contributed by atoms with van der Waals surface area (Å²) >= 11 is 0. The summed E-state index contributed by atoms with van der Waals surface area (Å²) in [6.07, 6.45) is 1.69. The normalized spacial score (nSPS) is 27.1. The fourth-order valence-corrected chi connectivity index (χ4v) is 2.85. The molecule has 82 valence electrons. The third-order valence-corrected chi connectivity index (χ3v) is 4.85. The molecule has 0 amide bonds. The first-order chi connectivity index (χ1) is 6.47. The van der Waals surface area contributed by atoms with E-state index in [0.717, 1.165) is 25.9 Å². The highest BCUT2D eigenvalue weighted by Crippen LogP contribution is 2.21. The fraction of sp³-hybridized carbons (Fsp3) is 0.900. The van der Waals surface area contributed by atoms with Crippen molar-refractivity contribution in [2.24, 2.45) is 0 Å². The highest BCUT2D eigenvalue weighted by atomic mass is 32.2. The number of hydrogen-bond donors (Lipinski definition) is 1. The Kier molecular flexibility index (Phi) is 3.70. The molecule has 1 N–H and O–H groups in total. The van der Waals surface area contributed by atoms with Crippen molar-refractivity contribution in [1.82, 2.24) is 4.90 Å².